The van der Waals surface area contributed by atoms with Gasteiger partial charge >= 0.3 is 0 Å². The van der Waals surface area contributed by atoms with Crippen LogP contribution in [0.4, 0.5) is 0 Å². The monoisotopic (exact) mass is 250 g/mol. The summed E-state index contributed by atoms with van der Waals surface area (Å²) in [6.07, 6.45) is 10.0. The van der Waals surface area contributed by atoms with Crippen molar-refractivity contribution in [3.05, 3.63) is 0 Å². The smallest absolute Gasteiger partial charge is 0.0329 e. The molecule has 3 fully saturated rings. The van der Waals surface area contributed by atoms with E-state index in [1.807, 2.05) is 0 Å². The fourth-order valence-corrected chi connectivity index (χ4v) is 3.95. The summed E-state index contributed by atoms with van der Waals surface area (Å²) < 4.78 is 0. The molecule has 3 rings (SSSR count). The van der Waals surface area contributed by atoms with Gasteiger partial charge in [-0.25, -0.2) is 0 Å². The lowest BCUT2D eigenvalue weighted by Crippen LogP contribution is -2.65. The first-order valence-electron chi connectivity index (χ1n) is 8.26. The van der Waals surface area contributed by atoms with E-state index in [0.29, 0.717) is 5.54 Å². The van der Waals surface area contributed by atoms with E-state index in [9.17, 15) is 0 Å². The summed E-state index contributed by atoms with van der Waals surface area (Å²) in [6.45, 7) is 8.70. The van der Waals surface area contributed by atoms with Crippen molar-refractivity contribution < 1.29 is 0 Å². The van der Waals surface area contributed by atoms with Crippen molar-refractivity contribution in [3.63, 3.8) is 0 Å². The number of piperazine rings is 1. The first-order chi connectivity index (χ1) is 8.77. The third-order valence-electron chi connectivity index (χ3n) is 5.99. The lowest BCUT2D eigenvalue weighted by Gasteiger charge is -2.51. The molecule has 0 radical (unpaired) electrons. The largest absolute Gasteiger partial charge is 0.311 e. The van der Waals surface area contributed by atoms with Gasteiger partial charge in [-0.15, -0.1) is 0 Å². The molecule has 2 aliphatic carbocycles. The van der Waals surface area contributed by atoms with Crippen molar-refractivity contribution >= 4 is 0 Å². The minimum atomic E-state index is 0.459. The van der Waals surface area contributed by atoms with Crippen LogP contribution in [0.25, 0.3) is 0 Å². The Bertz CT molecular complexity index is 277. The van der Waals surface area contributed by atoms with E-state index >= 15 is 0 Å². The van der Waals surface area contributed by atoms with Crippen LogP contribution in [0.5, 0.6) is 0 Å². The highest BCUT2D eigenvalue weighted by Gasteiger charge is 2.44. The quantitative estimate of drug-likeness (QED) is 0.807. The molecule has 0 bridgehead atoms. The van der Waals surface area contributed by atoms with Gasteiger partial charge in [0.15, 0.2) is 0 Å². The van der Waals surface area contributed by atoms with Crippen molar-refractivity contribution in [1.82, 2.24) is 10.2 Å². The third kappa shape index (κ3) is 2.34. The number of rotatable bonds is 5. The van der Waals surface area contributed by atoms with E-state index in [0.717, 1.165) is 17.9 Å². The molecule has 18 heavy (non-hydrogen) atoms. The number of nitrogens with zero attached hydrogens (tertiary/aromatic N) is 1. The van der Waals surface area contributed by atoms with Gasteiger partial charge in [-0.1, -0.05) is 20.3 Å². The molecule has 2 heteroatoms. The standard InChI is InChI=1S/C16H30N2/c1-3-16(4-2)12-17-15(14-8-9-14)11-18(16)10-13-6-5-7-13/h13-15,17H,3-12H2,1-2H3. The molecule has 0 amide bonds. The maximum Gasteiger partial charge on any atom is 0.0329 e. The average molecular weight is 250 g/mol. The first kappa shape index (κ1) is 12.9. The van der Waals surface area contributed by atoms with Crippen molar-refractivity contribution in [3.8, 4) is 0 Å². The number of nitrogens with one attached hydrogen (secondary N) is 1. The summed E-state index contributed by atoms with van der Waals surface area (Å²) in [5, 5.41) is 3.87. The van der Waals surface area contributed by atoms with Crippen LogP contribution in [-0.4, -0.2) is 36.1 Å². The van der Waals surface area contributed by atoms with Crippen LogP contribution in [0, 0.1) is 11.8 Å². The fraction of sp³-hybridized carbons (Fsp3) is 1.00. The molecule has 2 nitrogen and oxygen atoms in total. The first-order valence-corrected chi connectivity index (χ1v) is 8.26. The van der Waals surface area contributed by atoms with Crippen LogP contribution in [-0.2, 0) is 0 Å². The van der Waals surface area contributed by atoms with Crippen LogP contribution in [0.3, 0.4) is 0 Å². The molecule has 1 aliphatic heterocycles. The van der Waals surface area contributed by atoms with E-state index in [-0.39, 0.29) is 0 Å². The van der Waals surface area contributed by atoms with Gasteiger partial charge in [0.05, 0.1) is 0 Å². The fourth-order valence-electron chi connectivity index (χ4n) is 3.95. The zero-order valence-corrected chi connectivity index (χ0v) is 12.3. The predicted octanol–water partition coefficient (Wildman–Crippen LogP) is 3.03. The molecule has 2 saturated carbocycles. The topological polar surface area (TPSA) is 15.3 Å². The SMILES string of the molecule is CCC1(CC)CNC(C2CC2)CN1CC1CCC1. The second-order valence-corrected chi connectivity index (χ2v) is 6.96. The molecule has 0 aromatic heterocycles. The van der Waals surface area contributed by atoms with Gasteiger partial charge in [0, 0.05) is 31.2 Å². The Morgan fingerprint density at radius 1 is 1.11 bits per heavy atom. The molecule has 1 heterocycles. The van der Waals surface area contributed by atoms with Gasteiger partial charge in [-0.05, 0) is 50.4 Å². The number of hydrogen-bond donors (Lipinski definition) is 1. The van der Waals surface area contributed by atoms with Crippen molar-refractivity contribution in [2.24, 2.45) is 11.8 Å². The molecule has 0 aromatic carbocycles. The van der Waals surface area contributed by atoms with E-state index in [4.69, 9.17) is 0 Å². The molecule has 3 aliphatic rings. The highest BCUT2D eigenvalue weighted by molar-refractivity contribution is 5.02. The van der Waals surface area contributed by atoms with Crippen LogP contribution in [0.2, 0.25) is 0 Å². The minimum absolute atomic E-state index is 0.459. The zero-order chi connectivity index (χ0) is 12.6. The van der Waals surface area contributed by atoms with Gasteiger partial charge < -0.3 is 5.32 Å². The summed E-state index contributed by atoms with van der Waals surface area (Å²) in [4.78, 5) is 2.89. The lowest BCUT2D eigenvalue weighted by molar-refractivity contribution is 0.00456. The Labute approximate surface area is 113 Å². The van der Waals surface area contributed by atoms with Gasteiger partial charge in [0.25, 0.3) is 0 Å². The molecule has 1 unspecified atom stereocenters. The molecule has 0 spiro atoms. The number of hydrogen-bond acceptors (Lipinski definition) is 2. The highest BCUT2D eigenvalue weighted by atomic mass is 15.3. The van der Waals surface area contributed by atoms with Gasteiger partial charge in [0.2, 0.25) is 0 Å². The Balaban J connectivity index is 1.67. The predicted molar refractivity (Wildman–Crippen MR) is 76.7 cm³/mol. The average Bonchev–Trinajstić information content (AvgIpc) is 3.18. The van der Waals surface area contributed by atoms with Gasteiger partial charge in [-0.3, -0.25) is 4.90 Å². The second kappa shape index (κ2) is 5.13. The summed E-state index contributed by atoms with van der Waals surface area (Å²) in [6, 6.07) is 0.802. The summed E-state index contributed by atoms with van der Waals surface area (Å²) >= 11 is 0. The summed E-state index contributed by atoms with van der Waals surface area (Å²) in [7, 11) is 0. The molecular formula is C16H30N2. The second-order valence-electron chi connectivity index (χ2n) is 6.96. The van der Waals surface area contributed by atoms with Gasteiger partial charge in [0.1, 0.15) is 0 Å². The Morgan fingerprint density at radius 3 is 2.33 bits per heavy atom. The highest BCUT2D eigenvalue weighted by Crippen LogP contribution is 2.39. The van der Waals surface area contributed by atoms with Crippen molar-refractivity contribution in [2.75, 3.05) is 19.6 Å². The minimum Gasteiger partial charge on any atom is -0.311 e. The van der Waals surface area contributed by atoms with Gasteiger partial charge in [-0.2, -0.15) is 0 Å². The zero-order valence-electron chi connectivity index (χ0n) is 12.3. The Kier molecular flexibility index (Phi) is 3.68. The maximum absolute atomic E-state index is 3.87. The molecule has 0 aromatic rings. The van der Waals surface area contributed by atoms with Crippen LogP contribution in [0.15, 0.2) is 0 Å². The van der Waals surface area contributed by atoms with E-state index in [1.54, 1.807) is 0 Å². The Hall–Kier alpha value is -0.0800. The van der Waals surface area contributed by atoms with Crippen LogP contribution >= 0.6 is 0 Å². The maximum atomic E-state index is 3.87. The normalized spacial score (nSPS) is 33.3. The molecule has 1 saturated heterocycles. The lowest BCUT2D eigenvalue weighted by atomic mass is 9.81. The van der Waals surface area contributed by atoms with Crippen LogP contribution < -0.4 is 5.32 Å². The van der Waals surface area contributed by atoms with E-state index in [1.165, 1.54) is 64.6 Å². The molecular weight excluding hydrogens is 220 g/mol. The van der Waals surface area contributed by atoms with Crippen molar-refractivity contribution in [2.45, 2.75) is 70.4 Å². The molecule has 104 valence electrons. The van der Waals surface area contributed by atoms with E-state index in [2.05, 4.69) is 24.1 Å². The van der Waals surface area contributed by atoms with Crippen LogP contribution in [0.1, 0.15) is 58.8 Å². The Morgan fingerprint density at radius 2 is 1.83 bits per heavy atom. The third-order valence-corrected chi connectivity index (χ3v) is 5.99. The molecule has 1 N–H and O–H groups in total. The molecule has 1 atom stereocenters. The summed E-state index contributed by atoms with van der Waals surface area (Å²) in [5.74, 6) is 2.01. The van der Waals surface area contributed by atoms with Crippen molar-refractivity contribution in [1.29, 1.82) is 0 Å². The summed E-state index contributed by atoms with van der Waals surface area (Å²) in [5.41, 5.74) is 0.459. The van der Waals surface area contributed by atoms with E-state index < -0.39 is 0 Å².